The summed E-state index contributed by atoms with van der Waals surface area (Å²) in [5.74, 6) is 0.658. The van der Waals surface area contributed by atoms with Crippen molar-refractivity contribution in [1.82, 2.24) is 9.91 Å². The number of para-hydroxylation sites is 1. The number of ether oxygens (including phenoxy) is 1. The number of hydrazine groups is 1. The third-order valence-electron chi connectivity index (χ3n) is 5.82. The molecule has 0 aliphatic carbocycles. The van der Waals surface area contributed by atoms with Crippen LogP contribution in [0, 0.1) is 0 Å². The van der Waals surface area contributed by atoms with E-state index in [0.29, 0.717) is 43.9 Å². The van der Waals surface area contributed by atoms with Crippen molar-refractivity contribution < 1.29 is 14.3 Å². The van der Waals surface area contributed by atoms with Gasteiger partial charge in [-0.3, -0.25) is 9.59 Å². The fourth-order valence-electron chi connectivity index (χ4n) is 4.12. The Kier molecular flexibility index (Phi) is 5.63. The van der Waals surface area contributed by atoms with Crippen LogP contribution in [0.1, 0.15) is 22.3 Å². The first-order valence-electron chi connectivity index (χ1n) is 10.3. The first kappa shape index (κ1) is 20.2. The normalized spacial score (nSPS) is 17.0. The smallest absolute Gasteiger partial charge is 0.257 e. The first-order valence-corrected chi connectivity index (χ1v) is 10.3. The Morgan fingerprint density at radius 1 is 1.00 bits per heavy atom. The highest BCUT2D eigenvalue weighted by atomic mass is 16.5. The summed E-state index contributed by atoms with van der Waals surface area (Å²) in [5, 5.41) is 3.88. The summed E-state index contributed by atoms with van der Waals surface area (Å²) in [6.45, 7) is 2.35. The molecule has 0 aromatic heterocycles. The first-order chi connectivity index (χ1) is 14.5. The fraction of sp³-hybridized carbons (Fsp3) is 0.391. The van der Waals surface area contributed by atoms with Crippen LogP contribution in [0.25, 0.3) is 0 Å². The monoisotopic (exact) mass is 408 g/mol. The number of piperazine rings is 1. The highest BCUT2D eigenvalue weighted by Crippen LogP contribution is 2.30. The molecule has 158 valence electrons. The number of aryl methyl sites for hydroxylation is 1. The van der Waals surface area contributed by atoms with Gasteiger partial charge in [0.05, 0.1) is 18.4 Å². The van der Waals surface area contributed by atoms with Crippen LogP contribution in [0.3, 0.4) is 0 Å². The van der Waals surface area contributed by atoms with Crippen LogP contribution in [-0.4, -0.2) is 69.1 Å². The Balaban J connectivity index is 1.48. The van der Waals surface area contributed by atoms with Crippen LogP contribution in [0.4, 0.5) is 11.4 Å². The lowest BCUT2D eigenvalue weighted by Gasteiger charge is -2.43. The lowest BCUT2D eigenvalue weighted by Crippen LogP contribution is -2.57. The number of methoxy groups -OCH3 is 1. The summed E-state index contributed by atoms with van der Waals surface area (Å²) < 4.78 is 5.48. The largest absolute Gasteiger partial charge is 0.496 e. The second-order valence-electron chi connectivity index (χ2n) is 7.86. The summed E-state index contributed by atoms with van der Waals surface area (Å²) in [4.78, 5) is 29.6. The summed E-state index contributed by atoms with van der Waals surface area (Å²) >= 11 is 0. The van der Waals surface area contributed by atoms with E-state index >= 15 is 0 Å². The molecule has 7 heteroatoms. The van der Waals surface area contributed by atoms with Gasteiger partial charge in [-0.1, -0.05) is 18.2 Å². The molecule has 0 N–H and O–H groups in total. The molecule has 2 aromatic carbocycles. The maximum atomic E-state index is 13.1. The molecule has 4 rings (SSSR count). The molecule has 0 atom stereocenters. The minimum atomic E-state index is -0.0397. The average molecular weight is 409 g/mol. The maximum absolute atomic E-state index is 13.1. The predicted molar refractivity (Wildman–Crippen MR) is 117 cm³/mol. The van der Waals surface area contributed by atoms with Crippen molar-refractivity contribution in [3.05, 3.63) is 53.6 Å². The number of fused-ring (bicyclic) bond motifs is 1. The molecule has 0 radical (unpaired) electrons. The molecule has 0 spiro atoms. The number of hydrogen-bond donors (Lipinski definition) is 0. The van der Waals surface area contributed by atoms with E-state index in [1.54, 1.807) is 7.11 Å². The van der Waals surface area contributed by atoms with Gasteiger partial charge in [-0.25, -0.2) is 10.0 Å². The Bertz CT molecular complexity index is 951. The molecule has 2 amide bonds. The van der Waals surface area contributed by atoms with Gasteiger partial charge in [0.1, 0.15) is 5.75 Å². The van der Waals surface area contributed by atoms with Gasteiger partial charge in [-0.2, -0.15) is 0 Å². The summed E-state index contributed by atoms with van der Waals surface area (Å²) in [5.41, 5.74) is 3.71. The Labute approximate surface area is 177 Å². The van der Waals surface area contributed by atoms with Crippen LogP contribution in [-0.2, 0) is 11.2 Å². The number of nitrogens with zero attached hydrogens (tertiary/aromatic N) is 4. The van der Waals surface area contributed by atoms with E-state index in [1.807, 2.05) is 65.3 Å². The number of amides is 2. The van der Waals surface area contributed by atoms with Crippen LogP contribution < -0.4 is 14.6 Å². The number of benzene rings is 2. The van der Waals surface area contributed by atoms with E-state index in [-0.39, 0.29) is 11.8 Å². The molecule has 1 fully saturated rings. The van der Waals surface area contributed by atoms with Crippen LogP contribution in [0.15, 0.2) is 42.5 Å². The molecule has 7 nitrogen and oxygen atoms in total. The van der Waals surface area contributed by atoms with Gasteiger partial charge in [0.25, 0.3) is 5.91 Å². The lowest BCUT2D eigenvalue weighted by molar-refractivity contribution is -0.122. The van der Waals surface area contributed by atoms with Gasteiger partial charge >= 0.3 is 0 Å². The molecular formula is C23H28N4O3. The average Bonchev–Trinajstić information content (AvgIpc) is 2.78. The number of carbonyl (C=O) groups is 2. The predicted octanol–water partition coefficient (Wildman–Crippen LogP) is 2.41. The molecule has 2 aromatic rings. The topological polar surface area (TPSA) is 56.3 Å². The van der Waals surface area contributed by atoms with E-state index in [0.717, 1.165) is 17.8 Å². The Morgan fingerprint density at radius 3 is 2.43 bits per heavy atom. The third kappa shape index (κ3) is 3.73. The molecule has 30 heavy (non-hydrogen) atoms. The van der Waals surface area contributed by atoms with E-state index in [2.05, 4.69) is 11.1 Å². The van der Waals surface area contributed by atoms with Crippen LogP contribution in [0.2, 0.25) is 0 Å². The zero-order valence-corrected chi connectivity index (χ0v) is 17.8. The van der Waals surface area contributed by atoms with Crippen molar-refractivity contribution in [2.75, 3.05) is 57.3 Å². The van der Waals surface area contributed by atoms with Gasteiger partial charge in [0.15, 0.2) is 0 Å². The summed E-state index contributed by atoms with van der Waals surface area (Å²) in [6, 6.07) is 13.7. The number of anilines is 2. The standard InChI is InChI=1S/C23H28N4O3/c1-24(2)18-9-10-19(21(16-18)30-3)23(29)25-12-14-26(15-13-25)27-20-7-5-4-6-17(20)8-11-22(27)28/h4-7,9-10,16H,8,11-15H2,1-3H3. The van der Waals surface area contributed by atoms with Crippen molar-refractivity contribution in [2.24, 2.45) is 0 Å². The Morgan fingerprint density at radius 2 is 1.73 bits per heavy atom. The lowest BCUT2D eigenvalue weighted by atomic mass is 10.0. The zero-order chi connectivity index (χ0) is 21.3. The van der Waals surface area contributed by atoms with Crippen molar-refractivity contribution in [3.8, 4) is 5.75 Å². The van der Waals surface area contributed by atoms with Crippen molar-refractivity contribution >= 4 is 23.2 Å². The molecule has 0 unspecified atom stereocenters. The molecular weight excluding hydrogens is 380 g/mol. The van der Waals surface area contributed by atoms with E-state index in [9.17, 15) is 9.59 Å². The molecule has 0 saturated carbocycles. The second kappa shape index (κ2) is 8.36. The van der Waals surface area contributed by atoms with Crippen molar-refractivity contribution in [1.29, 1.82) is 0 Å². The minimum absolute atomic E-state index is 0.0397. The molecule has 2 aliphatic rings. The number of carbonyl (C=O) groups excluding carboxylic acids is 2. The van der Waals surface area contributed by atoms with E-state index in [1.165, 1.54) is 5.56 Å². The molecule has 2 aliphatic heterocycles. The second-order valence-corrected chi connectivity index (χ2v) is 7.86. The van der Waals surface area contributed by atoms with Crippen molar-refractivity contribution in [3.63, 3.8) is 0 Å². The van der Waals surface area contributed by atoms with Gasteiger partial charge in [0, 0.05) is 58.4 Å². The Hall–Kier alpha value is -3.06. The molecule has 1 saturated heterocycles. The highest BCUT2D eigenvalue weighted by molar-refractivity contribution is 5.98. The summed E-state index contributed by atoms with van der Waals surface area (Å²) in [6.07, 6.45) is 1.30. The molecule has 2 heterocycles. The maximum Gasteiger partial charge on any atom is 0.257 e. The zero-order valence-electron chi connectivity index (χ0n) is 17.8. The quantitative estimate of drug-likeness (QED) is 0.778. The van der Waals surface area contributed by atoms with E-state index in [4.69, 9.17) is 4.74 Å². The highest BCUT2D eigenvalue weighted by Gasteiger charge is 2.32. The van der Waals surface area contributed by atoms with Gasteiger partial charge < -0.3 is 14.5 Å². The van der Waals surface area contributed by atoms with E-state index < -0.39 is 0 Å². The van der Waals surface area contributed by atoms with Gasteiger partial charge in [-0.05, 0) is 30.2 Å². The molecule has 0 bridgehead atoms. The van der Waals surface area contributed by atoms with Gasteiger partial charge in [0.2, 0.25) is 5.91 Å². The van der Waals surface area contributed by atoms with Gasteiger partial charge in [-0.15, -0.1) is 0 Å². The summed E-state index contributed by atoms with van der Waals surface area (Å²) in [7, 11) is 5.49. The number of rotatable bonds is 4. The SMILES string of the molecule is COc1cc(N(C)C)ccc1C(=O)N1CCN(N2C(=O)CCc3ccccc32)CC1. The fourth-order valence-corrected chi connectivity index (χ4v) is 4.12. The van der Waals surface area contributed by atoms with Crippen LogP contribution >= 0.6 is 0 Å². The minimum Gasteiger partial charge on any atom is -0.496 e. The number of hydrogen-bond acceptors (Lipinski definition) is 5. The third-order valence-corrected chi connectivity index (χ3v) is 5.82. The van der Waals surface area contributed by atoms with Crippen molar-refractivity contribution in [2.45, 2.75) is 12.8 Å². The van der Waals surface area contributed by atoms with Crippen LogP contribution in [0.5, 0.6) is 5.75 Å².